The van der Waals surface area contributed by atoms with Gasteiger partial charge in [0.15, 0.2) is 0 Å². The van der Waals surface area contributed by atoms with E-state index in [4.69, 9.17) is 21.1 Å². The van der Waals surface area contributed by atoms with Crippen molar-refractivity contribution in [2.45, 2.75) is 0 Å². The molecule has 0 saturated carbocycles. The van der Waals surface area contributed by atoms with Gasteiger partial charge in [0, 0.05) is 6.07 Å². The first-order chi connectivity index (χ1) is 7.76. The lowest BCUT2D eigenvalue weighted by Crippen LogP contribution is -2.38. The number of hydrogen-bond donors (Lipinski definition) is 0. The van der Waals surface area contributed by atoms with E-state index in [9.17, 15) is 4.79 Å². The highest BCUT2D eigenvalue weighted by molar-refractivity contribution is 6.29. The quantitative estimate of drug-likeness (QED) is 0.740. The molecule has 0 bridgehead atoms. The standard InChI is InChI=1S/C11H12ClNO3/c1-15-8-2-3-10-9(6-8)13(4-5-16-10)11(14)7-12/h2-3,6H,4-5,7H2,1H3. The van der Waals surface area contributed by atoms with Crippen molar-refractivity contribution in [2.24, 2.45) is 0 Å². The van der Waals surface area contributed by atoms with E-state index in [0.29, 0.717) is 24.7 Å². The first kappa shape index (κ1) is 11.1. The van der Waals surface area contributed by atoms with Crippen molar-refractivity contribution < 1.29 is 14.3 Å². The molecule has 1 heterocycles. The first-order valence-corrected chi connectivity index (χ1v) is 5.47. The summed E-state index contributed by atoms with van der Waals surface area (Å²) < 4.78 is 10.6. The van der Waals surface area contributed by atoms with Crippen LogP contribution in [-0.4, -0.2) is 32.0 Å². The summed E-state index contributed by atoms with van der Waals surface area (Å²) in [6.45, 7) is 1.01. The number of anilines is 1. The van der Waals surface area contributed by atoms with Gasteiger partial charge in [-0.25, -0.2) is 0 Å². The minimum absolute atomic E-state index is 0.0311. The Hall–Kier alpha value is -1.42. The predicted molar refractivity (Wildman–Crippen MR) is 61.6 cm³/mol. The Balaban J connectivity index is 2.39. The number of alkyl halides is 1. The van der Waals surface area contributed by atoms with Crippen molar-refractivity contribution in [3.63, 3.8) is 0 Å². The van der Waals surface area contributed by atoms with Gasteiger partial charge in [-0.05, 0) is 12.1 Å². The van der Waals surface area contributed by atoms with Crippen LogP contribution < -0.4 is 14.4 Å². The monoisotopic (exact) mass is 241 g/mol. The third-order valence-electron chi connectivity index (χ3n) is 2.44. The molecular formula is C11H12ClNO3. The second-order valence-electron chi connectivity index (χ2n) is 3.36. The fraction of sp³-hybridized carbons (Fsp3) is 0.364. The molecule has 0 aromatic heterocycles. The van der Waals surface area contributed by atoms with Crippen LogP contribution in [0.4, 0.5) is 5.69 Å². The molecule has 0 saturated heterocycles. The lowest BCUT2D eigenvalue weighted by Gasteiger charge is -2.29. The van der Waals surface area contributed by atoms with Crippen LogP contribution in [0.2, 0.25) is 0 Å². The fourth-order valence-corrected chi connectivity index (χ4v) is 1.80. The first-order valence-electron chi connectivity index (χ1n) is 4.93. The van der Waals surface area contributed by atoms with Gasteiger partial charge in [-0.2, -0.15) is 0 Å². The Morgan fingerprint density at radius 2 is 2.44 bits per heavy atom. The highest BCUT2D eigenvalue weighted by Crippen LogP contribution is 2.34. The minimum Gasteiger partial charge on any atom is -0.497 e. The van der Waals surface area contributed by atoms with Gasteiger partial charge in [-0.1, -0.05) is 0 Å². The van der Waals surface area contributed by atoms with Crippen LogP contribution in [0.3, 0.4) is 0 Å². The van der Waals surface area contributed by atoms with Crippen molar-refractivity contribution in [1.82, 2.24) is 0 Å². The van der Waals surface area contributed by atoms with Crippen molar-refractivity contribution in [1.29, 1.82) is 0 Å². The van der Waals surface area contributed by atoms with E-state index in [0.717, 1.165) is 5.69 Å². The van der Waals surface area contributed by atoms with E-state index >= 15 is 0 Å². The van der Waals surface area contributed by atoms with Gasteiger partial charge in [0.2, 0.25) is 5.91 Å². The molecule has 0 N–H and O–H groups in total. The van der Waals surface area contributed by atoms with Crippen LogP contribution >= 0.6 is 11.6 Å². The number of amides is 1. The van der Waals surface area contributed by atoms with E-state index in [2.05, 4.69) is 0 Å². The van der Waals surface area contributed by atoms with Gasteiger partial charge < -0.3 is 14.4 Å². The Kier molecular flexibility index (Phi) is 3.19. The van der Waals surface area contributed by atoms with E-state index in [1.807, 2.05) is 0 Å². The average Bonchev–Trinajstić information content (AvgIpc) is 2.36. The molecule has 0 unspecified atom stereocenters. The van der Waals surface area contributed by atoms with Crippen LogP contribution in [0, 0.1) is 0 Å². The number of ether oxygens (including phenoxy) is 2. The number of benzene rings is 1. The summed E-state index contributed by atoms with van der Waals surface area (Å²) in [4.78, 5) is 13.2. The van der Waals surface area contributed by atoms with Crippen LogP contribution in [0.15, 0.2) is 18.2 Å². The zero-order valence-corrected chi connectivity index (χ0v) is 9.66. The summed E-state index contributed by atoms with van der Waals surface area (Å²) in [5.41, 5.74) is 0.719. The number of carbonyl (C=O) groups excluding carboxylic acids is 1. The third kappa shape index (κ3) is 1.93. The number of halogens is 1. The summed E-state index contributed by atoms with van der Waals surface area (Å²) in [5, 5.41) is 0. The molecule has 2 rings (SSSR count). The van der Waals surface area contributed by atoms with Gasteiger partial charge in [0.05, 0.1) is 19.3 Å². The lowest BCUT2D eigenvalue weighted by molar-refractivity contribution is -0.116. The topological polar surface area (TPSA) is 38.8 Å². The minimum atomic E-state index is -0.125. The van der Waals surface area contributed by atoms with Crippen molar-refractivity contribution in [2.75, 3.05) is 31.0 Å². The Morgan fingerprint density at radius 3 is 3.12 bits per heavy atom. The number of carbonyl (C=O) groups is 1. The molecular weight excluding hydrogens is 230 g/mol. The summed E-state index contributed by atoms with van der Waals surface area (Å²) in [7, 11) is 1.58. The number of rotatable bonds is 2. The molecule has 5 heteroatoms. The van der Waals surface area contributed by atoms with Gasteiger partial charge in [-0.15, -0.1) is 11.6 Å². The maximum atomic E-state index is 11.6. The molecule has 1 aromatic rings. The molecule has 1 aliphatic rings. The average molecular weight is 242 g/mol. The number of methoxy groups -OCH3 is 1. The van der Waals surface area contributed by atoms with Gasteiger partial charge >= 0.3 is 0 Å². The zero-order valence-electron chi connectivity index (χ0n) is 8.90. The predicted octanol–water partition coefficient (Wildman–Crippen LogP) is 1.66. The third-order valence-corrected chi connectivity index (χ3v) is 2.67. The molecule has 0 spiro atoms. The number of fused-ring (bicyclic) bond motifs is 1. The largest absolute Gasteiger partial charge is 0.497 e. The highest BCUT2D eigenvalue weighted by atomic mass is 35.5. The lowest BCUT2D eigenvalue weighted by atomic mass is 10.2. The SMILES string of the molecule is COc1ccc2c(c1)N(C(=O)CCl)CCO2. The Labute approximate surface area is 98.7 Å². The van der Waals surface area contributed by atoms with E-state index in [1.54, 1.807) is 30.2 Å². The molecule has 0 fully saturated rings. The summed E-state index contributed by atoms with van der Waals surface area (Å²) in [6.07, 6.45) is 0. The Morgan fingerprint density at radius 1 is 1.62 bits per heavy atom. The normalized spacial score (nSPS) is 14.0. The zero-order chi connectivity index (χ0) is 11.5. The molecule has 1 aromatic carbocycles. The summed E-state index contributed by atoms with van der Waals surface area (Å²) in [6, 6.07) is 5.37. The molecule has 1 aliphatic heterocycles. The molecule has 0 aliphatic carbocycles. The molecule has 0 atom stereocenters. The number of hydrogen-bond acceptors (Lipinski definition) is 3. The maximum absolute atomic E-state index is 11.6. The highest BCUT2D eigenvalue weighted by Gasteiger charge is 2.23. The Bertz CT molecular complexity index is 408. The number of nitrogens with zero attached hydrogens (tertiary/aromatic N) is 1. The smallest absolute Gasteiger partial charge is 0.242 e. The fourth-order valence-electron chi connectivity index (χ4n) is 1.66. The molecule has 86 valence electrons. The second kappa shape index (κ2) is 4.61. The molecule has 16 heavy (non-hydrogen) atoms. The molecule has 1 amide bonds. The molecule has 0 radical (unpaired) electrons. The van der Waals surface area contributed by atoms with E-state index in [1.165, 1.54) is 0 Å². The van der Waals surface area contributed by atoms with Crippen LogP contribution in [0.25, 0.3) is 0 Å². The van der Waals surface area contributed by atoms with E-state index < -0.39 is 0 Å². The summed E-state index contributed by atoms with van der Waals surface area (Å²) >= 11 is 5.56. The van der Waals surface area contributed by atoms with Crippen LogP contribution in [-0.2, 0) is 4.79 Å². The van der Waals surface area contributed by atoms with Crippen molar-refractivity contribution in [3.8, 4) is 11.5 Å². The van der Waals surface area contributed by atoms with Gasteiger partial charge in [-0.3, -0.25) is 4.79 Å². The van der Waals surface area contributed by atoms with Crippen LogP contribution in [0.1, 0.15) is 0 Å². The van der Waals surface area contributed by atoms with Gasteiger partial charge in [0.25, 0.3) is 0 Å². The molecule has 4 nitrogen and oxygen atoms in total. The van der Waals surface area contributed by atoms with Gasteiger partial charge in [0.1, 0.15) is 24.0 Å². The summed E-state index contributed by atoms with van der Waals surface area (Å²) in [5.74, 6) is 1.22. The van der Waals surface area contributed by atoms with Crippen LogP contribution in [0.5, 0.6) is 11.5 Å². The van der Waals surface area contributed by atoms with Crippen molar-refractivity contribution in [3.05, 3.63) is 18.2 Å². The van der Waals surface area contributed by atoms with Crippen molar-refractivity contribution >= 4 is 23.2 Å². The second-order valence-corrected chi connectivity index (χ2v) is 3.63. The maximum Gasteiger partial charge on any atom is 0.242 e. The van der Waals surface area contributed by atoms with E-state index in [-0.39, 0.29) is 11.8 Å².